The summed E-state index contributed by atoms with van der Waals surface area (Å²) in [6.07, 6.45) is 4.82. The molecule has 28 heavy (non-hydrogen) atoms. The number of amides is 1. The highest BCUT2D eigenvalue weighted by Gasteiger charge is 2.38. The largest absolute Gasteiger partial charge is 0.356 e. The molecule has 2 fully saturated rings. The number of guanidine groups is 1. The van der Waals surface area contributed by atoms with Crippen LogP contribution in [0, 0.1) is 5.92 Å². The minimum Gasteiger partial charge on any atom is -0.356 e. The Morgan fingerprint density at radius 3 is 2.71 bits per heavy atom. The van der Waals surface area contributed by atoms with Crippen molar-refractivity contribution in [1.82, 2.24) is 20.0 Å². The molecule has 0 radical (unpaired) electrons. The first-order valence-electron chi connectivity index (χ1n) is 9.45. The molecule has 1 amide bonds. The van der Waals surface area contributed by atoms with Gasteiger partial charge in [0.05, 0.1) is 11.9 Å². The van der Waals surface area contributed by atoms with E-state index >= 15 is 0 Å². The standard InChI is InChI=1S/C20H26N6O.HI/c1-21-20(22-11-16-10-18(16)15-6-4-3-5-7-15)25-8-9-26(19(27)14-25)17-12-23-24(2)13-17;/h3-7,12-13,16,18H,8-11,14H2,1-2H3,(H,21,22);1H. The van der Waals surface area contributed by atoms with Gasteiger partial charge in [-0.25, -0.2) is 0 Å². The number of rotatable bonds is 4. The van der Waals surface area contributed by atoms with Crippen LogP contribution in [0.3, 0.4) is 0 Å². The number of anilines is 1. The molecule has 4 rings (SSSR count). The Hall–Kier alpha value is -2.10. The summed E-state index contributed by atoms with van der Waals surface area (Å²) in [5.74, 6) is 2.16. The van der Waals surface area contributed by atoms with Gasteiger partial charge in [-0.3, -0.25) is 14.5 Å². The first-order valence-corrected chi connectivity index (χ1v) is 9.45. The molecule has 1 aromatic heterocycles. The second kappa shape index (κ2) is 8.93. The van der Waals surface area contributed by atoms with Crippen LogP contribution in [0.5, 0.6) is 0 Å². The summed E-state index contributed by atoms with van der Waals surface area (Å²) in [5, 5.41) is 7.63. The SMILES string of the molecule is CN=C(NCC1CC1c1ccccc1)N1CCN(c2cnn(C)c2)C(=O)C1.I. The third-order valence-corrected chi connectivity index (χ3v) is 5.41. The van der Waals surface area contributed by atoms with Crippen LogP contribution in [0.1, 0.15) is 17.9 Å². The van der Waals surface area contributed by atoms with E-state index in [1.165, 1.54) is 12.0 Å². The molecular weight excluding hydrogens is 467 g/mol. The van der Waals surface area contributed by atoms with Gasteiger partial charge in [0.25, 0.3) is 0 Å². The average molecular weight is 494 g/mol. The van der Waals surface area contributed by atoms with Crippen molar-refractivity contribution in [2.45, 2.75) is 12.3 Å². The summed E-state index contributed by atoms with van der Waals surface area (Å²) < 4.78 is 1.72. The fraction of sp³-hybridized carbons (Fsp3) is 0.450. The predicted octanol–water partition coefficient (Wildman–Crippen LogP) is 2.07. The minimum absolute atomic E-state index is 0. The Bertz CT molecular complexity index is 836. The molecule has 2 aromatic rings. The molecule has 150 valence electrons. The van der Waals surface area contributed by atoms with Crippen LogP contribution in [0.15, 0.2) is 47.7 Å². The lowest BCUT2D eigenvalue weighted by Gasteiger charge is -2.35. The van der Waals surface area contributed by atoms with Crippen LogP contribution in [0.4, 0.5) is 5.69 Å². The maximum Gasteiger partial charge on any atom is 0.246 e. The zero-order valence-corrected chi connectivity index (χ0v) is 18.6. The lowest BCUT2D eigenvalue weighted by molar-refractivity contribution is -0.120. The van der Waals surface area contributed by atoms with Crippen molar-refractivity contribution in [1.29, 1.82) is 0 Å². The number of piperazine rings is 1. The van der Waals surface area contributed by atoms with Gasteiger partial charge in [0.15, 0.2) is 5.96 Å². The first kappa shape index (κ1) is 20.6. The van der Waals surface area contributed by atoms with Crippen LogP contribution in [-0.2, 0) is 11.8 Å². The van der Waals surface area contributed by atoms with Crippen molar-refractivity contribution >= 4 is 41.5 Å². The van der Waals surface area contributed by atoms with E-state index < -0.39 is 0 Å². The van der Waals surface area contributed by atoms with Gasteiger partial charge in [0.1, 0.15) is 6.54 Å². The molecule has 0 spiro atoms. The van der Waals surface area contributed by atoms with Gasteiger partial charge in [-0.05, 0) is 23.8 Å². The van der Waals surface area contributed by atoms with Crippen molar-refractivity contribution in [2.24, 2.45) is 18.0 Å². The van der Waals surface area contributed by atoms with Crippen molar-refractivity contribution < 1.29 is 4.79 Å². The summed E-state index contributed by atoms with van der Waals surface area (Å²) in [6, 6.07) is 10.7. The van der Waals surface area contributed by atoms with Gasteiger partial charge in [0, 0.05) is 39.9 Å². The van der Waals surface area contributed by atoms with E-state index in [1.54, 1.807) is 22.8 Å². The topological polar surface area (TPSA) is 65.8 Å². The van der Waals surface area contributed by atoms with Crippen LogP contribution >= 0.6 is 24.0 Å². The highest BCUT2D eigenvalue weighted by Crippen LogP contribution is 2.46. The number of carbonyl (C=O) groups is 1. The molecule has 7 nitrogen and oxygen atoms in total. The Balaban J connectivity index is 0.00000225. The lowest BCUT2D eigenvalue weighted by atomic mass is 10.1. The summed E-state index contributed by atoms with van der Waals surface area (Å²) in [6.45, 7) is 2.62. The molecule has 0 bridgehead atoms. The monoisotopic (exact) mass is 494 g/mol. The second-order valence-corrected chi connectivity index (χ2v) is 7.28. The number of aryl methyl sites for hydroxylation is 1. The van der Waals surface area contributed by atoms with Crippen molar-refractivity contribution in [3.63, 3.8) is 0 Å². The summed E-state index contributed by atoms with van der Waals surface area (Å²) in [7, 11) is 3.64. The van der Waals surface area contributed by atoms with Crippen LogP contribution in [0.2, 0.25) is 0 Å². The fourth-order valence-corrected chi connectivity index (χ4v) is 3.81. The molecule has 1 saturated carbocycles. The molecule has 2 heterocycles. The van der Waals surface area contributed by atoms with Gasteiger partial charge in [0.2, 0.25) is 5.91 Å². The number of aliphatic imine (C=N–C) groups is 1. The Kier molecular flexibility index (Phi) is 6.58. The molecular formula is C20H27IN6O. The maximum atomic E-state index is 12.6. The number of halogens is 1. The number of carbonyl (C=O) groups excluding carboxylic acids is 1. The molecule has 1 aliphatic heterocycles. The van der Waals surface area contributed by atoms with E-state index in [4.69, 9.17) is 0 Å². The third-order valence-electron chi connectivity index (χ3n) is 5.41. The maximum absolute atomic E-state index is 12.6. The molecule has 2 unspecified atom stereocenters. The predicted molar refractivity (Wildman–Crippen MR) is 121 cm³/mol. The number of hydrogen-bond donors (Lipinski definition) is 1. The summed E-state index contributed by atoms with van der Waals surface area (Å²) in [5.41, 5.74) is 2.27. The van der Waals surface area contributed by atoms with E-state index in [-0.39, 0.29) is 29.9 Å². The second-order valence-electron chi connectivity index (χ2n) is 7.28. The van der Waals surface area contributed by atoms with Crippen molar-refractivity contribution in [3.8, 4) is 0 Å². The first-order chi connectivity index (χ1) is 13.2. The quantitative estimate of drug-likeness (QED) is 0.402. The van der Waals surface area contributed by atoms with Gasteiger partial charge in [-0.15, -0.1) is 24.0 Å². The number of nitrogens with zero attached hydrogens (tertiary/aromatic N) is 5. The van der Waals surface area contributed by atoms with Gasteiger partial charge < -0.3 is 15.1 Å². The third kappa shape index (κ3) is 4.48. The van der Waals surface area contributed by atoms with Crippen LogP contribution in [0.25, 0.3) is 0 Å². The van der Waals surface area contributed by atoms with Gasteiger partial charge in [-0.2, -0.15) is 5.10 Å². The molecule has 2 aliphatic rings. The van der Waals surface area contributed by atoms with E-state index in [1.807, 2.05) is 18.1 Å². The molecule has 1 aliphatic carbocycles. The van der Waals surface area contributed by atoms with Gasteiger partial charge in [-0.1, -0.05) is 30.3 Å². The van der Waals surface area contributed by atoms with E-state index in [2.05, 4.69) is 45.7 Å². The van der Waals surface area contributed by atoms with Crippen LogP contribution < -0.4 is 10.2 Å². The van der Waals surface area contributed by atoms with E-state index in [0.29, 0.717) is 24.9 Å². The Morgan fingerprint density at radius 2 is 2.07 bits per heavy atom. The lowest BCUT2D eigenvalue weighted by Crippen LogP contribution is -2.55. The van der Waals surface area contributed by atoms with Crippen molar-refractivity contribution in [3.05, 3.63) is 48.3 Å². The zero-order chi connectivity index (χ0) is 18.8. The highest BCUT2D eigenvalue weighted by molar-refractivity contribution is 14.0. The molecule has 1 aromatic carbocycles. The van der Waals surface area contributed by atoms with E-state index in [0.717, 1.165) is 24.7 Å². The summed E-state index contributed by atoms with van der Waals surface area (Å²) in [4.78, 5) is 20.8. The number of benzene rings is 1. The zero-order valence-electron chi connectivity index (χ0n) is 16.3. The normalized spacial score (nSPS) is 22.1. The Morgan fingerprint density at radius 1 is 1.29 bits per heavy atom. The average Bonchev–Trinajstić information content (AvgIpc) is 3.34. The highest BCUT2D eigenvalue weighted by atomic mass is 127. The number of hydrogen-bond acceptors (Lipinski definition) is 3. The van der Waals surface area contributed by atoms with Gasteiger partial charge >= 0.3 is 0 Å². The molecule has 8 heteroatoms. The van der Waals surface area contributed by atoms with Crippen molar-refractivity contribution in [2.75, 3.05) is 38.1 Å². The number of aromatic nitrogens is 2. The van der Waals surface area contributed by atoms with E-state index in [9.17, 15) is 4.79 Å². The Labute approximate surface area is 182 Å². The fourth-order valence-electron chi connectivity index (χ4n) is 3.81. The molecule has 2 atom stereocenters. The summed E-state index contributed by atoms with van der Waals surface area (Å²) >= 11 is 0. The molecule has 1 N–H and O–H groups in total. The number of nitrogens with one attached hydrogen (secondary N) is 1. The minimum atomic E-state index is 0. The molecule has 1 saturated heterocycles. The smallest absolute Gasteiger partial charge is 0.246 e. The van der Waals surface area contributed by atoms with Crippen LogP contribution in [-0.4, -0.2) is 59.8 Å².